The van der Waals surface area contributed by atoms with Crippen LogP contribution in [0.15, 0.2) is 18.2 Å². The molecule has 3 rings (SSSR count). The zero-order chi connectivity index (χ0) is 15.4. The first-order valence-corrected chi connectivity index (χ1v) is 7.58. The Hall–Kier alpha value is -1.64. The number of carbonyl (C=O) groups excluding carboxylic acids is 2. The lowest BCUT2D eigenvalue weighted by Gasteiger charge is -2.52. The number of hydrogen-bond donors (Lipinski definition) is 0. The van der Waals surface area contributed by atoms with Gasteiger partial charge in [0, 0.05) is 16.9 Å². The second kappa shape index (κ2) is 4.43. The molecule has 0 spiro atoms. The number of fused-ring (bicyclic) bond motifs is 3. The van der Waals surface area contributed by atoms with Gasteiger partial charge in [-0.05, 0) is 36.0 Å². The molecule has 0 heterocycles. The quantitative estimate of drug-likeness (QED) is 0.742. The van der Waals surface area contributed by atoms with Gasteiger partial charge in [-0.3, -0.25) is 9.59 Å². The number of benzene rings is 1. The monoisotopic (exact) mass is 286 g/mol. The van der Waals surface area contributed by atoms with Crippen LogP contribution in [0.3, 0.4) is 0 Å². The van der Waals surface area contributed by atoms with Crippen LogP contribution in [0.2, 0.25) is 0 Å². The average molecular weight is 286 g/mol. The molecule has 0 unspecified atom stereocenters. The van der Waals surface area contributed by atoms with Gasteiger partial charge in [0.1, 0.15) is 5.75 Å². The van der Waals surface area contributed by atoms with E-state index in [2.05, 4.69) is 20.8 Å². The fraction of sp³-hybridized carbons (Fsp3) is 0.556. The molecular formula is C18H22O3. The molecule has 3 nitrogen and oxygen atoms in total. The first kappa shape index (κ1) is 14.3. The predicted octanol–water partition coefficient (Wildman–Crippen LogP) is 3.54. The largest absolute Gasteiger partial charge is 0.497 e. The third-order valence-corrected chi connectivity index (χ3v) is 5.51. The van der Waals surface area contributed by atoms with Crippen molar-refractivity contribution in [1.82, 2.24) is 0 Å². The number of ether oxygens (including phenoxy) is 1. The van der Waals surface area contributed by atoms with Gasteiger partial charge in [-0.1, -0.05) is 33.3 Å². The average Bonchev–Trinajstić information content (AvgIpc) is 2.43. The van der Waals surface area contributed by atoms with Gasteiger partial charge >= 0.3 is 0 Å². The van der Waals surface area contributed by atoms with E-state index < -0.39 is 0 Å². The van der Waals surface area contributed by atoms with Crippen LogP contribution in [0.1, 0.15) is 56.0 Å². The molecule has 0 amide bonds. The molecule has 0 saturated heterocycles. The highest BCUT2D eigenvalue weighted by Gasteiger charge is 2.56. The summed E-state index contributed by atoms with van der Waals surface area (Å²) in [5.41, 5.74) is 1.19. The summed E-state index contributed by atoms with van der Waals surface area (Å²) < 4.78 is 5.21. The summed E-state index contributed by atoms with van der Waals surface area (Å²) in [7, 11) is 1.57. The van der Waals surface area contributed by atoms with E-state index in [0.29, 0.717) is 11.3 Å². The predicted molar refractivity (Wildman–Crippen MR) is 80.8 cm³/mol. The van der Waals surface area contributed by atoms with E-state index in [1.54, 1.807) is 13.2 Å². The van der Waals surface area contributed by atoms with E-state index in [0.717, 1.165) is 24.8 Å². The fourth-order valence-electron chi connectivity index (χ4n) is 4.60. The molecule has 0 N–H and O–H groups in total. The maximum absolute atomic E-state index is 12.8. The smallest absolute Gasteiger partial charge is 0.229 e. The molecule has 2 aliphatic carbocycles. The Morgan fingerprint density at radius 1 is 1.14 bits per heavy atom. The van der Waals surface area contributed by atoms with Crippen molar-refractivity contribution >= 4 is 11.6 Å². The van der Waals surface area contributed by atoms with Crippen LogP contribution in [-0.2, 0) is 10.2 Å². The molecule has 0 bridgehead atoms. The van der Waals surface area contributed by atoms with E-state index in [4.69, 9.17) is 4.74 Å². The third kappa shape index (κ3) is 1.86. The minimum Gasteiger partial charge on any atom is -0.497 e. The molecule has 1 fully saturated rings. The van der Waals surface area contributed by atoms with E-state index in [9.17, 15) is 9.59 Å². The second-order valence-corrected chi connectivity index (χ2v) is 7.30. The lowest BCUT2D eigenvalue weighted by molar-refractivity contribution is -0.128. The van der Waals surface area contributed by atoms with Crippen molar-refractivity contribution in [3.05, 3.63) is 29.3 Å². The van der Waals surface area contributed by atoms with Gasteiger partial charge in [-0.2, -0.15) is 0 Å². The number of Topliss-reactive ketones (excluding diaryl/α,β-unsaturated/α-hetero) is 2. The Bertz CT molecular complexity index is 629. The number of ketones is 2. The number of hydrogen-bond acceptors (Lipinski definition) is 3. The van der Waals surface area contributed by atoms with Gasteiger partial charge in [0.15, 0.2) is 0 Å². The van der Waals surface area contributed by atoms with Crippen molar-refractivity contribution in [2.75, 3.05) is 7.11 Å². The third-order valence-electron chi connectivity index (χ3n) is 5.51. The van der Waals surface area contributed by atoms with Gasteiger partial charge in [-0.25, -0.2) is 0 Å². The highest BCUT2D eigenvalue weighted by atomic mass is 16.5. The van der Waals surface area contributed by atoms with E-state index in [-0.39, 0.29) is 28.3 Å². The van der Waals surface area contributed by atoms with Crippen molar-refractivity contribution < 1.29 is 14.3 Å². The Balaban J connectivity index is 2.24. The topological polar surface area (TPSA) is 43.4 Å². The first-order valence-electron chi connectivity index (χ1n) is 7.58. The Labute approximate surface area is 125 Å². The maximum Gasteiger partial charge on any atom is 0.229 e. The maximum atomic E-state index is 12.8. The molecule has 1 aromatic rings. The minimum absolute atomic E-state index is 0.128. The molecule has 1 saturated carbocycles. The van der Waals surface area contributed by atoms with Gasteiger partial charge in [0.25, 0.3) is 0 Å². The van der Waals surface area contributed by atoms with Crippen LogP contribution in [0.25, 0.3) is 0 Å². The fourth-order valence-corrected chi connectivity index (χ4v) is 4.60. The van der Waals surface area contributed by atoms with Crippen molar-refractivity contribution in [3.8, 4) is 5.75 Å². The number of rotatable bonds is 1. The van der Waals surface area contributed by atoms with Gasteiger partial charge in [-0.15, -0.1) is 0 Å². The molecule has 2 aliphatic rings. The highest BCUT2D eigenvalue weighted by Crippen LogP contribution is 2.55. The van der Waals surface area contributed by atoms with E-state index in [1.807, 2.05) is 12.1 Å². The second-order valence-electron chi connectivity index (χ2n) is 7.30. The summed E-state index contributed by atoms with van der Waals surface area (Å²) in [5, 5.41) is 0. The van der Waals surface area contributed by atoms with Crippen LogP contribution >= 0.6 is 0 Å². The van der Waals surface area contributed by atoms with Gasteiger partial charge in [0.2, 0.25) is 11.6 Å². The van der Waals surface area contributed by atoms with Crippen LogP contribution in [0.4, 0.5) is 0 Å². The van der Waals surface area contributed by atoms with Crippen LogP contribution in [0.5, 0.6) is 5.75 Å². The summed E-state index contributed by atoms with van der Waals surface area (Å²) in [6.45, 7) is 6.39. The van der Waals surface area contributed by atoms with E-state index >= 15 is 0 Å². The minimum atomic E-state index is -0.346. The number of methoxy groups -OCH3 is 1. The standard InChI is InChI=1S/C18H22O3/c1-17(2)8-5-9-18(3)13-7-6-11(21-4)10-12(13)14(19)15(20)16(17)18/h6-7,10,16H,5,8-9H2,1-4H3/t16-,18-/m1/s1. The zero-order valence-corrected chi connectivity index (χ0v) is 13.2. The molecule has 0 aromatic heterocycles. The Morgan fingerprint density at radius 3 is 2.52 bits per heavy atom. The molecule has 3 heteroatoms. The first-order chi connectivity index (χ1) is 9.81. The Kier molecular flexibility index (Phi) is 3.01. The summed E-state index contributed by atoms with van der Waals surface area (Å²) in [6, 6.07) is 5.59. The molecule has 2 atom stereocenters. The molecule has 0 radical (unpaired) electrons. The van der Waals surface area contributed by atoms with Gasteiger partial charge < -0.3 is 4.74 Å². The van der Waals surface area contributed by atoms with Crippen LogP contribution in [-0.4, -0.2) is 18.7 Å². The van der Waals surface area contributed by atoms with Crippen LogP contribution in [0, 0.1) is 11.3 Å². The van der Waals surface area contributed by atoms with Crippen molar-refractivity contribution in [2.45, 2.75) is 45.4 Å². The number of carbonyl (C=O) groups is 2. The highest BCUT2D eigenvalue weighted by molar-refractivity contribution is 6.46. The van der Waals surface area contributed by atoms with E-state index in [1.165, 1.54) is 0 Å². The lowest BCUT2D eigenvalue weighted by atomic mass is 9.50. The summed E-state index contributed by atoms with van der Waals surface area (Å²) in [5.74, 6) is -0.150. The van der Waals surface area contributed by atoms with Crippen molar-refractivity contribution in [2.24, 2.45) is 11.3 Å². The van der Waals surface area contributed by atoms with Crippen molar-refractivity contribution in [1.29, 1.82) is 0 Å². The molecule has 21 heavy (non-hydrogen) atoms. The molecule has 0 aliphatic heterocycles. The van der Waals surface area contributed by atoms with Crippen LogP contribution < -0.4 is 4.74 Å². The normalized spacial score (nSPS) is 30.6. The molecule has 1 aromatic carbocycles. The SMILES string of the molecule is COc1ccc2c(c1)C(=O)C(=O)[C@@H]1C(C)(C)CCC[C@]21C. The summed E-state index contributed by atoms with van der Waals surface area (Å²) in [4.78, 5) is 25.3. The Morgan fingerprint density at radius 2 is 1.86 bits per heavy atom. The molecular weight excluding hydrogens is 264 g/mol. The lowest BCUT2D eigenvalue weighted by Crippen LogP contribution is -2.54. The molecule has 112 valence electrons. The van der Waals surface area contributed by atoms with Gasteiger partial charge in [0.05, 0.1) is 7.11 Å². The zero-order valence-electron chi connectivity index (χ0n) is 13.2. The van der Waals surface area contributed by atoms with Crippen molar-refractivity contribution in [3.63, 3.8) is 0 Å². The summed E-state index contributed by atoms with van der Waals surface area (Å²) >= 11 is 0. The summed E-state index contributed by atoms with van der Waals surface area (Å²) in [6.07, 6.45) is 3.05.